The molecule has 176 valence electrons. The molecule has 0 fully saturated rings. The first-order valence-corrected chi connectivity index (χ1v) is 11.3. The zero-order valence-corrected chi connectivity index (χ0v) is 18.9. The van der Waals surface area contributed by atoms with E-state index in [1.807, 2.05) is 10.5 Å². The second kappa shape index (κ2) is 8.32. The molecule has 0 unspecified atom stereocenters. The second-order valence-corrected chi connectivity index (χ2v) is 8.69. The van der Waals surface area contributed by atoms with E-state index in [2.05, 4.69) is 25.4 Å². The third-order valence-electron chi connectivity index (χ3n) is 5.37. The van der Waals surface area contributed by atoms with Gasteiger partial charge in [0.05, 0.1) is 27.1 Å². The Balaban J connectivity index is 1.49. The molecule has 13 heteroatoms. The molecule has 1 aromatic carbocycles. The van der Waals surface area contributed by atoms with Crippen molar-refractivity contribution in [2.24, 2.45) is 0 Å². The maximum Gasteiger partial charge on any atom is 0.324 e. The highest BCUT2D eigenvalue weighted by Gasteiger charge is 2.20. The summed E-state index contributed by atoms with van der Waals surface area (Å²) < 4.78 is 16.8. The molecule has 0 aliphatic rings. The van der Waals surface area contributed by atoms with Gasteiger partial charge in [0.15, 0.2) is 11.5 Å². The molecule has 0 saturated heterocycles. The van der Waals surface area contributed by atoms with Crippen LogP contribution in [0, 0.1) is 15.9 Å². The number of fused-ring (bicyclic) bond motifs is 2. The molecule has 0 spiro atoms. The van der Waals surface area contributed by atoms with Crippen molar-refractivity contribution in [1.82, 2.24) is 29.1 Å². The number of carbonyl (C=O) groups is 1. The molecule has 0 aliphatic heterocycles. The van der Waals surface area contributed by atoms with Gasteiger partial charge in [-0.15, -0.1) is 0 Å². The number of halogens is 1. The summed E-state index contributed by atoms with van der Waals surface area (Å²) in [4.78, 5) is 37.0. The number of nitro groups is 1. The molecule has 0 bridgehead atoms. The van der Waals surface area contributed by atoms with E-state index in [1.54, 1.807) is 36.8 Å². The van der Waals surface area contributed by atoms with E-state index in [0.717, 1.165) is 17.0 Å². The van der Waals surface area contributed by atoms with E-state index in [0.29, 0.717) is 28.1 Å². The highest BCUT2D eigenvalue weighted by Crippen LogP contribution is 2.29. The number of hydrogen-bond donors (Lipinski definition) is 1. The topological polar surface area (TPSA) is 133 Å². The predicted octanol–water partition coefficient (Wildman–Crippen LogP) is 4.49. The summed E-state index contributed by atoms with van der Waals surface area (Å²) in [7, 11) is 0. The highest BCUT2D eigenvalue weighted by atomic mass is 32.1. The molecule has 0 atom stereocenters. The quantitative estimate of drug-likeness (QED) is 0.272. The molecule has 36 heavy (non-hydrogen) atoms. The lowest BCUT2D eigenvalue weighted by atomic mass is 10.2. The summed E-state index contributed by atoms with van der Waals surface area (Å²) in [5.41, 5.74) is 2.33. The standard InChI is InChI=1S/C23H13FN8O3S/c24-14-2-4-15(5-3-14)31-22-16(11-26-31)21(29-23(33)17-6-8-19(36-17)32(34)35)27-20(28-22)13-1-7-18-25-9-10-30(18)12-13/h1-12H,(H,27,28,29,33). The fraction of sp³-hybridized carbons (Fsp3) is 0. The number of carbonyl (C=O) groups excluding carboxylic acids is 1. The number of hydrogen-bond acceptors (Lipinski definition) is 8. The van der Waals surface area contributed by atoms with Crippen molar-refractivity contribution in [3.05, 3.63) is 94.1 Å². The Morgan fingerprint density at radius 1 is 1.08 bits per heavy atom. The Hall–Kier alpha value is -5.04. The van der Waals surface area contributed by atoms with Crippen molar-refractivity contribution in [2.75, 3.05) is 5.32 Å². The SMILES string of the molecule is O=C(Nc1nc(-c2ccc3nccn3c2)nc2c1cnn2-c1ccc(F)cc1)c1ccc([N+](=O)[O-])s1. The largest absolute Gasteiger partial charge is 0.324 e. The predicted molar refractivity (Wildman–Crippen MR) is 130 cm³/mol. The molecule has 6 rings (SSSR count). The third-order valence-corrected chi connectivity index (χ3v) is 6.41. The smallest absolute Gasteiger partial charge is 0.306 e. The number of aromatic nitrogens is 6. The van der Waals surface area contributed by atoms with Crippen molar-refractivity contribution in [2.45, 2.75) is 0 Å². The molecule has 1 amide bonds. The number of pyridine rings is 1. The first kappa shape index (κ1) is 21.5. The summed E-state index contributed by atoms with van der Waals surface area (Å²) in [5, 5.41) is 18.4. The summed E-state index contributed by atoms with van der Waals surface area (Å²) in [6.45, 7) is 0. The van der Waals surface area contributed by atoms with Crippen LogP contribution < -0.4 is 5.32 Å². The zero-order valence-electron chi connectivity index (χ0n) is 18.1. The average molecular weight is 500 g/mol. The van der Waals surface area contributed by atoms with Gasteiger partial charge in [-0.05, 0) is 42.5 Å². The van der Waals surface area contributed by atoms with Crippen LogP contribution in [0.4, 0.5) is 15.2 Å². The van der Waals surface area contributed by atoms with Gasteiger partial charge in [-0.25, -0.2) is 24.0 Å². The van der Waals surface area contributed by atoms with E-state index < -0.39 is 16.6 Å². The number of rotatable bonds is 5. The third kappa shape index (κ3) is 3.73. The average Bonchev–Trinajstić information content (AvgIpc) is 3.63. The van der Waals surface area contributed by atoms with Crippen LogP contribution in [0.3, 0.4) is 0 Å². The zero-order chi connectivity index (χ0) is 24.8. The van der Waals surface area contributed by atoms with Crippen LogP contribution in [0.15, 0.2) is 73.3 Å². The highest BCUT2D eigenvalue weighted by molar-refractivity contribution is 7.17. The lowest BCUT2D eigenvalue weighted by Crippen LogP contribution is -2.13. The number of nitrogens with one attached hydrogen (secondary N) is 1. The van der Waals surface area contributed by atoms with Gasteiger partial charge < -0.3 is 9.72 Å². The molecule has 0 radical (unpaired) electrons. The number of imidazole rings is 1. The van der Waals surface area contributed by atoms with E-state index in [1.165, 1.54) is 35.1 Å². The van der Waals surface area contributed by atoms with Crippen LogP contribution in [-0.4, -0.2) is 40.0 Å². The number of nitrogens with zero attached hydrogens (tertiary/aromatic N) is 7. The maximum atomic E-state index is 13.5. The number of anilines is 1. The minimum absolute atomic E-state index is 0.147. The van der Waals surface area contributed by atoms with Crippen molar-refractivity contribution in [3.63, 3.8) is 0 Å². The Morgan fingerprint density at radius 2 is 1.92 bits per heavy atom. The van der Waals surface area contributed by atoms with Crippen molar-refractivity contribution in [1.29, 1.82) is 0 Å². The van der Waals surface area contributed by atoms with Gasteiger partial charge in [-0.3, -0.25) is 14.9 Å². The van der Waals surface area contributed by atoms with Crippen molar-refractivity contribution in [3.8, 4) is 17.1 Å². The summed E-state index contributed by atoms with van der Waals surface area (Å²) >= 11 is 0.759. The van der Waals surface area contributed by atoms with E-state index >= 15 is 0 Å². The molecule has 11 nitrogen and oxygen atoms in total. The van der Waals surface area contributed by atoms with Crippen LogP contribution in [0.25, 0.3) is 33.8 Å². The Kier molecular flexibility index (Phi) is 4.97. The lowest BCUT2D eigenvalue weighted by Gasteiger charge is -2.09. The van der Waals surface area contributed by atoms with Gasteiger partial charge in [0, 0.05) is 30.2 Å². The van der Waals surface area contributed by atoms with E-state index in [9.17, 15) is 19.3 Å². The van der Waals surface area contributed by atoms with Gasteiger partial charge in [-0.2, -0.15) is 5.10 Å². The second-order valence-electron chi connectivity index (χ2n) is 7.63. The summed E-state index contributed by atoms with van der Waals surface area (Å²) in [5.74, 6) is -0.472. The van der Waals surface area contributed by atoms with Gasteiger partial charge in [0.25, 0.3) is 5.91 Å². The molecule has 0 aliphatic carbocycles. The number of benzene rings is 1. The van der Waals surface area contributed by atoms with Crippen LogP contribution in [0.1, 0.15) is 9.67 Å². The molecule has 6 aromatic rings. The minimum Gasteiger partial charge on any atom is -0.306 e. The summed E-state index contributed by atoms with van der Waals surface area (Å²) in [6, 6.07) is 12.0. The van der Waals surface area contributed by atoms with Crippen LogP contribution >= 0.6 is 11.3 Å². The maximum absolute atomic E-state index is 13.5. The fourth-order valence-corrected chi connectivity index (χ4v) is 4.39. The van der Waals surface area contributed by atoms with Crippen molar-refractivity contribution >= 4 is 44.7 Å². The van der Waals surface area contributed by atoms with Crippen LogP contribution in [0.5, 0.6) is 0 Å². The Morgan fingerprint density at radius 3 is 2.69 bits per heavy atom. The molecule has 0 saturated carbocycles. The molecular formula is C23H13FN8O3S. The molecular weight excluding hydrogens is 487 g/mol. The van der Waals surface area contributed by atoms with E-state index in [-0.39, 0.29) is 15.7 Å². The number of thiophene rings is 1. The van der Waals surface area contributed by atoms with E-state index in [4.69, 9.17) is 0 Å². The van der Waals surface area contributed by atoms with Gasteiger partial charge in [-0.1, -0.05) is 11.3 Å². The monoisotopic (exact) mass is 500 g/mol. The fourth-order valence-electron chi connectivity index (χ4n) is 3.67. The number of amides is 1. The van der Waals surface area contributed by atoms with Crippen molar-refractivity contribution < 1.29 is 14.1 Å². The normalized spacial score (nSPS) is 11.2. The molecule has 5 heterocycles. The molecule has 1 N–H and O–H groups in total. The summed E-state index contributed by atoms with van der Waals surface area (Å²) in [6.07, 6.45) is 6.75. The first-order valence-electron chi connectivity index (χ1n) is 10.5. The molecule has 5 aromatic heterocycles. The van der Waals surface area contributed by atoms with Gasteiger partial charge in [0.2, 0.25) is 0 Å². The Labute approximate surface area is 204 Å². The minimum atomic E-state index is -0.557. The van der Waals surface area contributed by atoms with Crippen LogP contribution in [0.2, 0.25) is 0 Å². The lowest BCUT2D eigenvalue weighted by molar-refractivity contribution is -0.380. The Bertz CT molecular complexity index is 1790. The van der Waals surface area contributed by atoms with Crippen LogP contribution in [-0.2, 0) is 0 Å². The van der Waals surface area contributed by atoms with Gasteiger partial charge >= 0.3 is 5.00 Å². The van der Waals surface area contributed by atoms with Gasteiger partial charge in [0.1, 0.15) is 17.3 Å². The first-order chi connectivity index (χ1) is 17.5.